The van der Waals surface area contributed by atoms with Crippen molar-refractivity contribution in [1.82, 2.24) is 9.88 Å². The highest BCUT2D eigenvalue weighted by Gasteiger charge is 2.14. The largest absolute Gasteiger partial charge is 0.389 e. The van der Waals surface area contributed by atoms with Crippen LogP contribution < -0.4 is 5.32 Å². The van der Waals surface area contributed by atoms with Crippen LogP contribution >= 0.6 is 0 Å². The van der Waals surface area contributed by atoms with E-state index in [0.717, 1.165) is 0 Å². The summed E-state index contributed by atoms with van der Waals surface area (Å²) >= 11 is 0. The van der Waals surface area contributed by atoms with Crippen LogP contribution in [0.15, 0.2) is 18.3 Å². The molecule has 0 radical (unpaired) electrons. The smallest absolute Gasteiger partial charge is 0.268 e. The first-order valence-electron chi connectivity index (χ1n) is 7.12. The van der Waals surface area contributed by atoms with Gasteiger partial charge in [0.2, 0.25) is 0 Å². The van der Waals surface area contributed by atoms with Crippen molar-refractivity contribution in [2.75, 3.05) is 19.8 Å². The summed E-state index contributed by atoms with van der Waals surface area (Å²) in [6.45, 7) is 9.18. The number of aliphatic hydroxyl groups excluding tert-OH is 1. The molecule has 0 fully saturated rings. The molecule has 1 amide bonds. The maximum atomic E-state index is 12.0. The number of hydrogen-bond donors (Lipinski definition) is 2. The van der Waals surface area contributed by atoms with Crippen LogP contribution in [0.2, 0.25) is 0 Å². The molecule has 0 aliphatic carbocycles. The normalized spacial score (nSPS) is 12.9. The topological polar surface area (TPSA) is 63.5 Å². The molecule has 5 nitrogen and oxygen atoms in total. The third-order valence-corrected chi connectivity index (χ3v) is 2.83. The van der Waals surface area contributed by atoms with Crippen LogP contribution in [0.3, 0.4) is 0 Å². The summed E-state index contributed by atoms with van der Waals surface area (Å²) in [5, 5.41) is 12.5. The molecule has 0 spiro atoms. The maximum absolute atomic E-state index is 12.0. The number of nitrogens with zero attached hydrogens (tertiary/aromatic N) is 1. The van der Waals surface area contributed by atoms with Gasteiger partial charge < -0.3 is 19.7 Å². The Balaban J connectivity index is 2.37. The lowest BCUT2D eigenvalue weighted by Gasteiger charge is -2.15. The fourth-order valence-electron chi connectivity index (χ4n) is 1.84. The third kappa shape index (κ3) is 5.35. The Morgan fingerprint density at radius 2 is 2.05 bits per heavy atom. The van der Waals surface area contributed by atoms with Crippen LogP contribution in [0, 0.1) is 5.92 Å². The van der Waals surface area contributed by atoms with E-state index >= 15 is 0 Å². The van der Waals surface area contributed by atoms with Gasteiger partial charge >= 0.3 is 0 Å². The Morgan fingerprint density at radius 1 is 1.35 bits per heavy atom. The molecular weight excluding hydrogens is 256 g/mol. The van der Waals surface area contributed by atoms with Gasteiger partial charge in [-0.1, -0.05) is 13.8 Å². The van der Waals surface area contributed by atoms with Gasteiger partial charge in [-0.25, -0.2) is 0 Å². The summed E-state index contributed by atoms with van der Waals surface area (Å²) in [4.78, 5) is 12.0. The molecule has 5 heteroatoms. The molecule has 1 rings (SSSR count). The van der Waals surface area contributed by atoms with Gasteiger partial charge in [-0.05, 0) is 31.9 Å². The van der Waals surface area contributed by atoms with Gasteiger partial charge in [0, 0.05) is 25.4 Å². The first kappa shape index (κ1) is 16.7. The summed E-state index contributed by atoms with van der Waals surface area (Å²) in [6.07, 6.45) is 1.20. The average molecular weight is 282 g/mol. The fourth-order valence-corrected chi connectivity index (χ4v) is 1.84. The fraction of sp³-hybridized carbons (Fsp3) is 0.667. The molecule has 1 unspecified atom stereocenters. The van der Waals surface area contributed by atoms with Crippen LogP contribution in [0.25, 0.3) is 0 Å². The number of aliphatic hydroxyl groups is 1. The SMILES string of the molecule is CC(C)COCC(O)CNC(=O)c1cccn1C(C)C. The molecule has 0 aliphatic heterocycles. The molecule has 1 aromatic heterocycles. The van der Waals surface area contributed by atoms with Crippen LogP contribution in [0.1, 0.15) is 44.2 Å². The van der Waals surface area contributed by atoms with E-state index in [0.29, 0.717) is 18.2 Å². The number of rotatable bonds is 8. The molecule has 20 heavy (non-hydrogen) atoms. The molecule has 2 N–H and O–H groups in total. The summed E-state index contributed by atoms with van der Waals surface area (Å²) < 4.78 is 7.24. The quantitative estimate of drug-likeness (QED) is 0.764. The van der Waals surface area contributed by atoms with E-state index in [-0.39, 0.29) is 25.1 Å². The Hall–Kier alpha value is -1.33. The van der Waals surface area contributed by atoms with E-state index in [1.165, 1.54) is 0 Å². The Kier molecular flexibility index (Phi) is 6.75. The van der Waals surface area contributed by atoms with Gasteiger partial charge in [0.05, 0.1) is 12.7 Å². The average Bonchev–Trinajstić information content (AvgIpc) is 2.84. The Bertz CT molecular complexity index is 413. The zero-order valence-corrected chi connectivity index (χ0v) is 12.8. The first-order chi connectivity index (χ1) is 9.41. The van der Waals surface area contributed by atoms with Gasteiger partial charge in [-0.2, -0.15) is 0 Å². The van der Waals surface area contributed by atoms with E-state index < -0.39 is 6.10 Å². The van der Waals surface area contributed by atoms with Crippen molar-refractivity contribution < 1.29 is 14.6 Å². The number of ether oxygens (including phenoxy) is 1. The van der Waals surface area contributed by atoms with Crippen LogP contribution in [-0.4, -0.2) is 41.4 Å². The second-order valence-electron chi connectivity index (χ2n) is 5.69. The van der Waals surface area contributed by atoms with E-state index in [9.17, 15) is 9.90 Å². The number of carbonyl (C=O) groups excluding carboxylic acids is 1. The Labute approximate surface area is 120 Å². The van der Waals surface area contributed by atoms with Gasteiger partial charge in [-0.15, -0.1) is 0 Å². The standard InChI is InChI=1S/C15H26N2O3/c1-11(2)9-20-10-13(18)8-16-15(19)14-6-5-7-17(14)12(3)4/h5-7,11-13,18H,8-10H2,1-4H3,(H,16,19). The number of amides is 1. The van der Waals surface area contributed by atoms with E-state index in [1.54, 1.807) is 6.07 Å². The van der Waals surface area contributed by atoms with Crippen molar-refractivity contribution in [1.29, 1.82) is 0 Å². The van der Waals surface area contributed by atoms with E-state index in [4.69, 9.17) is 4.74 Å². The van der Waals surface area contributed by atoms with Crippen molar-refractivity contribution in [2.45, 2.75) is 39.8 Å². The zero-order valence-electron chi connectivity index (χ0n) is 12.8. The zero-order chi connectivity index (χ0) is 15.1. The maximum Gasteiger partial charge on any atom is 0.268 e. The van der Waals surface area contributed by atoms with E-state index in [2.05, 4.69) is 5.32 Å². The summed E-state index contributed by atoms with van der Waals surface area (Å²) in [6, 6.07) is 3.85. The minimum absolute atomic E-state index is 0.174. The molecule has 0 aromatic carbocycles. The number of aromatic nitrogens is 1. The van der Waals surface area contributed by atoms with Crippen molar-refractivity contribution >= 4 is 5.91 Å². The lowest BCUT2D eigenvalue weighted by molar-refractivity contribution is 0.0258. The van der Waals surface area contributed by atoms with Crippen LogP contribution in [-0.2, 0) is 4.74 Å². The highest BCUT2D eigenvalue weighted by atomic mass is 16.5. The van der Waals surface area contributed by atoms with Gasteiger partial charge in [0.15, 0.2) is 0 Å². The molecule has 0 saturated heterocycles. The molecule has 1 heterocycles. The molecular formula is C15H26N2O3. The number of nitrogens with one attached hydrogen (secondary N) is 1. The summed E-state index contributed by atoms with van der Waals surface area (Å²) in [7, 11) is 0. The van der Waals surface area contributed by atoms with Crippen molar-refractivity contribution in [3.63, 3.8) is 0 Å². The second kappa shape index (κ2) is 8.07. The molecule has 0 aliphatic rings. The third-order valence-electron chi connectivity index (χ3n) is 2.83. The second-order valence-corrected chi connectivity index (χ2v) is 5.69. The highest BCUT2D eigenvalue weighted by Crippen LogP contribution is 2.10. The number of hydrogen-bond acceptors (Lipinski definition) is 3. The predicted molar refractivity (Wildman–Crippen MR) is 78.8 cm³/mol. The summed E-state index contributed by atoms with van der Waals surface area (Å²) in [5.41, 5.74) is 0.607. The van der Waals surface area contributed by atoms with Crippen molar-refractivity contribution in [3.8, 4) is 0 Å². The lowest BCUT2D eigenvalue weighted by Crippen LogP contribution is -2.35. The Morgan fingerprint density at radius 3 is 2.65 bits per heavy atom. The van der Waals surface area contributed by atoms with Crippen molar-refractivity contribution in [2.24, 2.45) is 5.92 Å². The minimum atomic E-state index is -0.680. The highest BCUT2D eigenvalue weighted by molar-refractivity contribution is 5.92. The van der Waals surface area contributed by atoms with Gasteiger partial charge in [0.25, 0.3) is 5.91 Å². The molecule has 1 aromatic rings. The molecule has 1 atom stereocenters. The molecule has 114 valence electrons. The first-order valence-corrected chi connectivity index (χ1v) is 7.12. The predicted octanol–water partition coefficient (Wildman–Crippen LogP) is 1.83. The molecule has 0 bridgehead atoms. The molecule has 0 saturated carbocycles. The minimum Gasteiger partial charge on any atom is -0.389 e. The van der Waals surface area contributed by atoms with Crippen LogP contribution in [0.4, 0.5) is 0 Å². The van der Waals surface area contributed by atoms with Crippen molar-refractivity contribution in [3.05, 3.63) is 24.0 Å². The van der Waals surface area contributed by atoms with Gasteiger partial charge in [-0.3, -0.25) is 4.79 Å². The number of carbonyl (C=O) groups is 1. The van der Waals surface area contributed by atoms with E-state index in [1.807, 2.05) is 44.5 Å². The van der Waals surface area contributed by atoms with Crippen LogP contribution in [0.5, 0.6) is 0 Å². The lowest BCUT2D eigenvalue weighted by atomic mass is 10.2. The monoisotopic (exact) mass is 282 g/mol. The summed E-state index contributed by atoms with van der Waals surface area (Å²) in [5.74, 6) is 0.262. The van der Waals surface area contributed by atoms with Gasteiger partial charge in [0.1, 0.15) is 5.69 Å².